The van der Waals surface area contributed by atoms with E-state index in [4.69, 9.17) is 11.6 Å². The smallest absolute Gasteiger partial charge is 0.0441 e. The number of hydrogen-bond acceptors (Lipinski definition) is 1. The highest BCUT2D eigenvalue weighted by molar-refractivity contribution is 6.31. The van der Waals surface area contributed by atoms with E-state index in [2.05, 4.69) is 62.5 Å². The fourth-order valence-electron chi connectivity index (χ4n) is 2.60. The number of benzene rings is 2. The van der Waals surface area contributed by atoms with Crippen LogP contribution in [-0.4, -0.2) is 12.6 Å². The number of nitrogens with one attached hydrogen (secondary N) is 1. The van der Waals surface area contributed by atoms with Gasteiger partial charge in [-0.25, -0.2) is 0 Å². The summed E-state index contributed by atoms with van der Waals surface area (Å²) in [7, 11) is 0. The molecule has 0 spiro atoms. The minimum atomic E-state index is 0.392. The molecule has 1 unspecified atom stereocenters. The maximum Gasteiger partial charge on any atom is 0.0441 e. The first kappa shape index (κ1) is 16.1. The highest BCUT2D eigenvalue weighted by atomic mass is 35.5. The van der Waals surface area contributed by atoms with Gasteiger partial charge in [0.05, 0.1) is 0 Å². The summed E-state index contributed by atoms with van der Waals surface area (Å²) < 4.78 is 0. The summed E-state index contributed by atoms with van der Waals surface area (Å²) in [6.45, 7) is 7.43. The predicted molar refractivity (Wildman–Crippen MR) is 92.2 cm³/mol. The first-order valence-corrected chi connectivity index (χ1v) is 7.97. The summed E-state index contributed by atoms with van der Waals surface area (Å²) >= 11 is 6.40. The molecule has 0 radical (unpaired) electrons. The Bertz CT molecular complexity index is 577. The van der Waals surface area contributed by atoms with E-state index in [1.165, 1.54) is 16.7 Å². The molecule has 2 aromatic carbocycles. The Hall–Kier alpha value is -1.31. The topological polar surface area (TPSA) is 12.0 Å². The van der Waals surface area contributed by atoms with Crippen LogP contribution in [0.2, 0.25) is 5.02 Å². The van der Waals surface area contributed by atoms with Gasteiger partial charge in [-0.2, -0.15) is 0 Å². The summed E-state index contributed by atoms with van der Waals surface area (Å²) in [6, 6.07) is 17.4. The van der Waals surface area contributed by atoms with Gasteiger partial charge in [-0.1, -0.05) is 73.5 Å². The van der Waals surface area contributed by atoms with Crippen LogP contribution < -0.4 is 5.32 Å². The minimum Gasteiger partial charge on any atom is -0.314 e. The maximum absolute atomic E-state index is 6.40. The zero-order valence-corrected chi connectivity index (χ0v) is 13.8. The maximum atomic E-state index is 6.40. The molecule has 21 heavy (non-hydrogen) atoms. The van der Waals surface area contributed by atoms with Crippen molar-refractivity contribution in [1.29, 1.82) is 0 Å². The Morgan fingerprint density at radius 3 is 2.48 bits per heavy atom. The molecule has 1 N–H and O–H groups in total. The number of rotatable bonds is 6. The van der Waals surface area contributed by atoms with Gasteiger partial charge < -0.3 is 5.32 Å². The van der Waals surface area contributed by atoms with E-state index in [9.17, 15) is 0 Å². The van der Waals surface area contributed by atoms with Crippen LogP contribution in [0.5, 0.6) is 0 Å². The summed E-state index contributed by atoms with van der Waals surface area (Å²) in [5.41, 5.74) is 3.90. The Balaban J connectivity index is 2.22. The van der Waals surface area contributed by atoms with Gasteiger partial charge in [0.2, 0.25) is 0 Å². The highest BCUT2D eigenvalue weighted by Crippen LogP contribution is 2.27. The van der Waals surface area contributed by atoms with E-state index >= 15 is 0 Å². The zero-order chi connectivity index (χ0) is 15.2. The summed E-state index contributed by atoms with van der Waals surface area (Å²) in [6.07, 6.45) is 1.01. The van der Waals surface area contributed by atoms with Gasteiger partial charge in [-0.3, -0.25) is 0 Å². The van der Waals surface area contributed by atoms with Crippen molar-refractivity contribution >= 4 is 11.6 Å². The van der Waals surface area contributed by atoms with Gasteiger partial charge in [-0.05, 0) is 30.5 Å². The molecule has 0 aromatic heterocycles. The third-order valence-corrected chi connectivity index (χ3v) is 4.03. The molecule has 112 valence electrons. The van der Waals surface area contributed by atoms with E-state index in [1.54, 1.807) is 0 Å². The number of aryl methyl sites for hydroxylation is 1. The van der Waals surface area contributed by atoms with Crippen LogP contribution in [0.15, 0.2) is 48.5 Å². The lowest BCUT2D eigenvalue weighted by Crippen LogP contribution is -2.29. The lowest BCUT2D eigenvalue weighted by molar-refractivity contribution is 0.527. The van der Waals surface area contributed by atoms with Crippen LogP contribution >= 0.6 is 11.6 Å². The number of hydrogen-bond donors (Lipinski definition) is 1. The van der Waals surface area contributed by atoms with E-state index < -0.39 is 0 Å². The van der Waals surface area contributed by atoms with Gasteiger partial charge in [0.15, 0.2) is 0 Å². The van der Waals surface area contributed by atoms with Gasteiger partial charge >= 0.3 is 0 Å². The van der Waals surface area contributed by atoms with Crippen molar-refractivity contribution in [3.63, 3.8) is 0 Å². The second-order valence-electron chi connectivity index (χ2n) is 5.97. The predicted octanol–water partition coefficient (Wildman–Crippen LogP) is 4.97. The fraction of sp³-hybridized carbons (Fsp3) is 0.368. The first-order valence-electron chi connectivity index (χ1n) is 7.59. The molecule has 0 amide bonds. The molecule has 2 aromatic rings. The molecule has 0 saturated heterocycles. The lowest BCUT2D eigenvalue weighted by atomic mass is 9.91. The molecule has 1 atom stereocenters. The van der Waals surface area contributed by atoms with Crippen LogP contribution in [0.1, 0.15) is 36.5 Å². The average molecular weight is 302 g/mol. The second-order valence-corrected chi connectivity index (χ2v) is 6.38. The molecule has 0 heterocycles. The molecule has 2 rings (SSSR count). The summed E-state index contributed by atoms with van der Waals surface area (Å²) in [5.74, 6) is 0.392. The van der Waals surface area contributed by atoms with Crippen LogP contribution in [0.3, 0.4) is 0 Å². The van der Waals surface area contributed by atoms with E-state index in [0.717, 1.165) is 18.0 Å². The Morgan fingerprint density at radius 1 is 1.05 bits per heavy atom. The van der Waals surface area contributed by atoms with Gasteiger partial charge in [0, 0.05) is 23.5 Å². The molecular weight excluding hydrogens is 278 g/mol. The average Bonchev–Trinajstić information content (AvgIpc) is 2.44. The zero-order valence-electron chi connectivity index (χ0n) is 13.1. The fourth-order valence-corrected chi connectivity index (χ4v) is 2.89. The Labute approximate surface area is 133 Å². The molecule has 0 saturated carbocycles. The van der Waals surface area contributed by atoms with Gasteiger partial charge in [0.1, 0.15) is 0 Å². The van der Waals surface area contributed by atoms with E-state index in [-0.39, 0.29) is 0 Å². The largest absolute Gasteiger partial charge is 0.314 e. The van der Waals surface area contributed by atoms with E-state index in [1.807, 2.05) is 12.1 Å². The molecule has 0 aliphatic rings. The third-order valence-electron chi connectivity index (χ3n) is 3.68. The molecule has 0 aliphatic carbocycles. The molecule has 0 aliphatic heterocycles. The molecule has 1 nitrogen and oxygen atoms in total. The van der Waals surface area contributed by atoms with Crippen molar-refractivity contribution in [2.24, 2.45) is 0 Å². The van der Waals surface area contributed by atoms with Crippen LogP contribution in [-0.2, 0) is 6.42 Å². The summed E-state index contributed by atoms with van der Waals surface area (Å²) in [5, 5.41) is 4.41. The normalized spacial score (nSPS) is 12.6. The number of halogens is 1. The monoisotopic (exact) mass is 301 g/mol. The standard InChI is InChI=1S/C19H24ClN/c1-14(2)21-13-17(18-9-4-5-10-19(18)20)12-16-8-6-7-15(3)11-16/h4-11,14,17,21H,12-13H2,1-3H3. The summed E-state index contributed by atoms with van der Waals surface area (Å²) in [4.78, 5) is 0. The lowest BCUT2D eigenvalue weighted by Gasteiger charge is -2.21. The Morgan fingerprint density at radius 2 is 1.81 bits per heavy atom. The first-order chi connectivity index (χ1) is 10.1. The highest BCUT2D eigenvalue weighted by Gasteiger charge is 2.15. The molecule has 0 fully saturated rings. The minimum absolute atomic E-state index is 0.392. The van der Waals surface area contributed by atoms with Crippen molar-refractivity contribution in [3.8, 4) is 0 Å². The van der Waals surface area contributed by atoms with Crippen LogP contribution in [0.25, 0.3) is 0 Å². The van der Waals surface area contributed by atoms with Crippen molar-refractivity contribution in [1.82, 2.24) is 5.32 Å². The van der Waals surface area contributed by atoms with Crippen molar-refractivity contribution in [2.75, 3.05) is 6.54 Å². The van der Waals surface area contributed by atoms with Crippen LogP contribution in [0.4, 0.5) is 0 Å². The Kier molecular flexibility index (Phi) is 5.84. The van der Waals surface area contributed by atoms with Crippen molar-refractivity contribution < 1.29 is 0 Å². The third kappa shape index (κ3) is 4.87. The SMILES string of the molecule is Cc1cccc(CC(CNC(C)C)c2ccccc2Cl)c1. The molecule has 0 bridgehead atoms. The van der Waals surface area contributed by atoms with Crippen molar-refractivity contribution in [2.45, 2.75) is 39.2 Å². The van der Waals surface area contributed by atoms with Gasteiger partial charge in [0.25, 0.3) is 0 Å². The molecular formula is C19H24ClN. The second kappa shape index (κ2) is 7.63. The molecule has 2 heteroatoms. The quantitative estimate of drug-likeness (QED) is 0.794. The van der Waals surface area contributed by atoms with Gasteiger partial charge in [-0.15, -0.1) is 0 Å². The van der Waals surface area contributed by atoms with Crippen LogP contribution in [0, 0.1) is 6.92 Å². The van der Waals surface area contributed by atoms with Crippen molar-refractivity contribution in [3.05, 3.63) is 70.2 Å². The van der Waals surface area contributed by atoms with E-state index in [0.29, 0.717) is 12.0 Å².